The molecular formula is C32H53BrO7. The van der Waals surface area contributed by atoms with Crippen molar-refractivity contribution < 1.29 is 33.6 Å². The SMILES string of the molecule is CC(=O)OC(C)(C)[C@H]1CC[C@](C)(C(O)C/C=C(\C)[C@H]2CC[C@H]3O[C@@H]([C@]4(C)CC[C@@H](Br)C(C)(C)O4)CC[C@]3(C)O2)O1. The Bertz CT molecular complexity index is 965. The molecule has 0 aromatic heterocycles. The number of fused-ring (bicyclic) bond motifs is 1. The number of aliphatic hydroxyl groups excluding tert-OH is 1. The molecule has 0 bridgehead atoms. The van der Waals surface area contributed by atoms with E-state index in [1.807, 2.05) is 20.8 Å². The molecule has 1 unspecified atom stereocenters. The lowest BCUT2D eigenvalue weighted by molar-refractivity contribution is -0.284. The molecule has 0 aliphatic carbocycles. The number of rotatable bonds is 7. The van der Waals surface area contributed by atoms with Gasteiger partial charge >= 0.3 is 5.97 Å². The fraction of sp³-hybridized carbons (Fsp3) is 0.906. The van der Waals surface area contributed by atoms with Crippen LogP contribution in [0.2, 0.25) is 0 Å². The minimum atomic E-state index is -0.731. The Kier molecular flexibility index (Phi) is 9.34. The van der Waals surface area contributed by atoms with Gasteiger partial charge in [-0.15, -0.1) is 0 Å². The summed E-state index contributed by atoms with van der Waals surface area (Å²) in [5.74, 6) is -0.322. The predicted octanol–water partition coefficient (Wildman–Crippen LogP) is 6.56. The maximum Gasteiger partial charge on any atom is 0.303 e. The van der Waals surface area contributed by atoms with Gasteiger partial charge in [0.15, 0.2) is 0 Å². The summed E-state index contributed by atoms with van der Waals surface area (Å²) >= 11 is 3.80. The molecule has 4 aliphatic rings. The van der Waals surface area contributed by atoms with Crippen LogP contribution < -0.4 is 0 Å². The van der Waals surface area contributed by atoms with E-state index < -0.39 is 17.3 Å². The molecule has 0 radical (unpaired) electrons. The van der Waals surface area contributed by atoms with Crippen molar-refractivity contribution in [3.8, 4) is 0 Å². The minimum Gasteiger partial charge on any atom is -0.457 e. The highest BCUT2D eigenvalue weighted by Crippen LogP contribution is 2.48. The van der Waals surface area contributed by atoms with Crippen LogP contribution in [0.5, 0.6) is 0 Å². The lowest BCUT2D eigenvalue weighted by Gasteiger charge is -2.55. The zero-order chi connectivity index (χ0) is 29.7. The number of hydrogen-bond acceptors (Lipinski definition) is 7. The van der Waals surface area contributed by atoms with Crippen molar-refractivity contribution in [1.82, 2.24) is 0 Å². The maximum atomic E-state index is 11.5. The first-order chi connectivity index (χ1) is 18.4. The molecular weight excluding hydrogens is 576 g/mol. The fourth-order valence-electron chi connectivity index (χ4n) is 7.37. The fourth-order valence-corrected chi connectivity index (χ4v) is 7.69. The summed E-state index contributed by atoms with van der Waals surface area (Å²) in [6, 6.07) is 0. The molecule has 4 saturated heterocycles. The van der Waals surface area contributed by atoms with Crippen molar-refractivity contribution in [3.05, 3.63) is 11.6 Å². The summed E-state index contributed by atoms with van der Waals surface area (Å²) in [6.07, 6.45) is 9.03. The van der Waals surface area contributed by atoms with Crippen LogP contribution in [-0.2, 0) is 28.5 Å². The van der Waals surface area contributed by atoms with Crippen molar-refractivity contribution in [3.63, 3.8) is 0 Å². The van der Waals surface area contributed by atoms with E-state index in [1.165, 1.54) is 6.92 Å². The van der Waals surface area contributed by atoms with Gasteiger partial charge in [0.25, 0.3) is 0 Å². The topological polar surface area (TPSA) is 83.5 Å². The molecule has 8 heteroatoms. The molecule has 40 heavy (non-hydrogen) atoms. The molecule has 230 valence electrons. The highest BCUT2D eigenvalue weighted by Gasteiger charge is 2.54. The van der Waals surface area contributed by atoms with Gasteiger partial charge in [-0.05, 0) is 119 Å². The summed E-state index contributed by atoms with van der Waals surface area (Å²) in [4.78, 5) is 11.9. The van der Waals surface area contributed by atoms with E-state index in [9.17, 15) is 9.90 Å². The van der Waals surface area contributed by atoms with Crippen LogP contribution in [-0.4, -0.2) is 74.4 Å². The second-order valence-electron chi connectivity index (χ2n) is 14.5. The Balaban J connectivity index is 1.32. The Morgan fingerprint density at radius 1 is 0.975 bits per heavy atom. The summed E-state index contributed by atoms with van der Waals surface area (Å²) in [5, 5.41) is 11.1. The molecule has 0 saturated carbocycles. The van der Waals surface area contributed by atoms with Gasteiger partial charge in [-0.25, -0.2) is 0 Å². The Morgan fingerprint density at radius 2 is 1.62 bits per heavy atom. The van der Waals surface area contributed by atoms with E-state index in [4.69, 9.17) is 23.7 Å². The first kappa shape index (κ1) is 32.4. The van der Waals surface area contributed by atoms with Gasteiger partial charge in [0.05, 0.1) is 52.9 Å². The van der Waals surface area contributed by atoms with Crippen LogP contribution >= 0.6 is 15.9 Å². The molecule has 4 rings (SSSR count). The minimum absolute atomic E-state index is 0.0103. The molecule has 9 atom stereocenters. The third-order valence-electron chi connectivity index (χ3n) is 10.2. The van der Waals surface area contributed by atoms with E-state index in [0.29, 0.717) is 17.7 Å². The number of aliphatic hydroxyl groups is 1. The number of esters is 1. The second kappa shape index (κ2) is 11.5. The number of carbonyl (C=O) groups excluding carboxylic acids is 1. The molecule has 4 aliphatic heterocycles. The highest BCUT2D eigenvalue weighted by atomic mass is 79.9. The number of ether oxygens (including phenoxy) is 5. The van der Waals surface area contributed by atoms with E-state index in [-0.39, 0.29) is 47.2 Å². The van der Waals surface area contributed by atoms with Crippen LogP contribution in [0.25, 0.3) is 0 Å². The van der Waals surface area contributed by atoms with E-state index in [2.05, 4.69) is 56.6 Å². The maximum absolute atomic E-state index is 11.5. The molecule has 0 aromatic carbocycles. The zero-order valence-corrected chi connectivity index (χ0v) is 27.8. The summed E-state index contributed by atoms with van der Waals surface area (Å²) < 4.78 is 32.0. The molecule has 7 nitrogen and oxygen atoms in total. The van der Waals surface area contributed by atoms with E-state index >= 15 is 0 Å². The molecule has 0 aromatic rings. The monoisotopic (exact) mass is 628 g/mol. The van der Waals surface area contributed by atoms with Gasteiger partial charge in [0.2, 0.25) is 0 Å². The number of hydrogen-bond donors (Lipinski definition) is 1. The van der Waals surface area contributed by atoms with Crippen LogP contribution in [0.1, 0.15) is 120 Å². The van der Waals surface area contributed by atoms with Crippen LogP contribution in [0.3, 0.4) is 0 Å². The third-order valence-corrected chi connectivity index (χ3v) is 11.8. The quantitative estimate of drug-likeness (QED) is 0.194. The average Bonchev–Trinajstić information content (AvgIpc) is 3.27. The van der Waals surface area contributed by atoms with Gasteiger partial charge in [-0.3, -0.25) is 4.79 Å². The Labute approximate surface area is 250 Å². The summed E-state index contributed by atoms with van der Waals surface area (Å²) in [5.41, 5.74) is -1.11. The van der Waals surface area contributed by atoms with Gasteiger partial charge in [-0.2, -0.15) is 0 Å². The number of carbonyl (C=O) groups is 1. The smallest absolute Gasteiger partial charge is 0.303 e. The largest absolute Gasteiger partial charge is 0.457 e. The molecule has 0 amide bonds. The summed E-state index contributed by atoms with van der Waals surface area (Å²) in [7, 11) is 0. The Morgan fingerprint density at radius 3 is 2.27 bits per heavy atom. The Hall–Kier alpha value is -0.510. The summed E-state index contributed by atoms with van der Waals surface area (Å²) in [6.45, 7) is 18.0. The van der Waals surface area contributed by atoms with Crippen molar-refractivity contribution in [2.75, 3.05) is 0 Å². The molecule has 4 heterocycles. The van der Waals surface area contributed by atoms with E-state index in [1.54, 1.807) is 0 Å². The van der Waals surface area contributed by atoms with Gasteiger partial charge in [-0.1, -0.05) is 22.0 Å². The van der Waals surface area contributed by atoms with Crippen LogP contribution in [0, 0.1) is 0 Å². The predicted molar refractivity (Wildman–Crippen MR) is 159 cm³/mol. The first-order valence-electron chi connectivity index (χ1n) is 15.3. The third kappa shape index (κ3) is 6.67. The molecule has 0 spiro atoms. The normalized spacial score (nSPS) is 43.2. The van der Waals surface area contributed by atoms with Crippen molar-refractivity contribution in [2.45, 2.75) is 183 Å². The van der Waals surface area contributed by atoms with Crippen molar-refractivity contribution in [1.29, 1.82) is 0 Å². The lowest BCUT2D eigenvalue weighted by Crippen LogP contribution is -2.62. The molecule has 1 N–H and O–H groups in total. The molecule has 4 fully saturated rings. The average molecular weight is 630 g/mol. The zero-order valence-electron chi connectivity index (χ0n) is 26.2. The van der Waals surface area contributed by atoms with Gasteiger partial charge in [0.1, 0.15) is 5.60 Å². The van der Waals surface area contributed by atoms with Gasteiger partial charge < -0.3 is 28.8 Å². The van der Waals surface area contributed by atoms with Crippen molar-refractivity contribution >= 4 is 21.9 Å². The van der Waals surface area contributed by atoms with Gasteiger partial charge in [0, 0.05) is 11.8 Å². The number of alkyl halides is 1. The first-order valence-corrected chi connectivity index (χ1v) is 16.2. The van der Waals surface area contributed by atoms with Crippen LogP contribution in [0.15, 0.2) is 11.6 Å². The van der Waals surface area contributed by atoms with Crippen molar-refractivity contribution in [2.24, 2.45) is 0 Å². The number of halogens is 1. The standard InChI is InChI=1S/C32H53BrO7/c1-20(10-12-24(35)30(7)18-15-25(39-30)29(5,6)37-21(2)34)22-11-13-26-31(8,38-22)19-16-27(36-26)32(9)17-14-23(33)28(3,4)40-32/h10,22-27,35H,11-19H2,1-9H3/b20-10+/t22-,23-,24?,25-,26-,27-,30-,31+,32+/m1/s1. The lowest BCUT2D eigenvalue weighted by atomic mass is 9.76. The second-order valence-corrected chi connectivity index (χ2v) is 15.6. The van der Waals surface area contributed by atoms with E-state index in [0.717, 1.165) is 50.5 Å². The van der Waals surface area contributed by atoms with Crippen LogP contribution in [0.4, 0.5) is 0 Å². The highest BCUT2D eigenvalue weighted by molar-refractivity contribution is 9.09.